The first kappa shape index (κ1) is 15.6. The highest BCUT2D eigenvalue weighted by Crippen LogP contribution is 2.25. The lowest BCUT2D eigenvalue weighted by Crippen LogP contribution is -2.20. The van der Waals surface area contributed by atoms with Crippen molar-refractivity contribution in [2.24, 2.45) is 0 Å². The zero-order chi connectivity index (χ0) is 15.4. The van der Waals surface area contributed by atoms with Gasteiger partial charge in [0.05, 0.1) is 12.2 Å². The lowest BCUT2D eigenvalue weighted by molar-refractivity contribution is -0.116. The molecule has 1 aromatic carbocycles. The molecule has 21 heavy (non-hydrogen) atoms. The van der Waals surface area contributed by atoms with Gasteiger partial charge in [-0.2, -0.15) is 0 Å². The van der Waals surface area contributed by atoms with Crippen LogP contribution in [-0.4, -0.2) is 10.9 Å². The first-order valence-electron chi connectivity index (χ1n) is 6.30. The summed E-state index contributed by atoms with van der Waals surface area (Å²) in [6, 6.07) is 5.17. The van der Waals surface area contributed by atoms with E-state index in [2.05, 4.69) is 10.3 Å². The van der Waals surface area contributed by atoms with Crippen LogP contribution in [0.3, 0.4) is 0 Å². The van der Waals surface area contributed by atoms with Gasteiger partial charge in [-0.05, 0) is 32.1 Å². The van der Waals surface area contributed by atoms with Crippen LogP contribution in [0.15, 0.2) is 28.7 Å². The number of carbonyl (C=O) groups excluding carboxylic acids is 1. The molecule has 6 heteroatoms. The molecule has 0 atom stereocenters. The number of hydrogen-bond donors (Lipinski definition) is 1. The first-order valence-corrected chi connectivity index (χ1v) is 7.06. The zero-order valence-corrected chi connectivity index (χ0v) is 13.1. The molecule has 0 aliphatic heterocycles. The number of benzene rings is 1. The molecule has 1 aromatic heterocycles. The van der Waals surface area contributed by atoms with Crippen LogP contribution >= 0.6 is 23.2 Å². The van der Waals surface area contributed by atoms with Gasteiger partial charge in [0.25, 0.3) is 0 Å². The number of nitrogens with one attached hydrogen (secondary N) is 1. The minimum Gasteiger partial charge on any atom is -0.444 e. The highest BCUT2D eigenvalue weighted by atomic mass is 35.5. The Morgan fingerprint density at radius 3 is 2.57 bits per heavy atom. The summed E-state index contributed by atoms with van der Waals surface area (Å²) in [5.41, 5.74) is 1.43. The van der Waals surface area contributed by atoms with Gasteiger partial charge in [0.1, 0.15) is 5.76 Å². The van der Waals surface area contributed by atoms with Crippen LogP contribution in [0.25, 0.3) is 6.08 Å². The van der Waals surface area contributed by atoms with Crippen molar-refractivity contribution in [2.75, 3.05) is 0 Å². The van der Waals surface area contributed by atoms with E-state index < -0.39 is 0 Å². The average molecular weight is 325 g/mol. The second kappa shape index (κ2) is 6.78. The number of rotatable bonds is 4. The van der Waals surface area contributed by atoms with Crippen LogP contribution in [0.5, 0.6) is 0 Å². The van der Waals surface area contributed by atoms with Crippen molar-refractivity contribution in [1.29, 1.82) is 0 Å². The summed E-state index contributed by atoms with van der Waals surface area (Å²) < 4.78 is 5.37. The third kappa shape index (κ3) is 4.09. The highest BCUT2D eigenvalue weighted by molar-refractivity contribution is 6.37. The van der Waals surface area contributed by atoms with E-state index >= 15 is 0 Å². The smallest absolute Gasteiger partial charge is 0.244 e. The van der Waals surface area contributed by atoms with E-state index in [0.717, 1.165) is 11.5 Å². The molecule has 0 saturated carbocycles. The summed E-state index contributed by atoms with van der Waals surface area (Å²) >= 11 is 12.0. The summed E-state index contributed by atoms with van der Waals surface area (Å²) in [4.78, 5) is 15.9. The van der Waals surface area contributed by atoms with Gasteiger partial charge < -0.3 is 9.73 Å². The number of aromatic nitrogens is 1. The highest BCUT2D eigenvalue weighted by Gasteiger charge is 2.06. The Morgan fingerprint density at radius 2 is 2.00 bits per heavy atom. The lowest BCUT2D eigenvalue weighted by atomic mass is 10.2. The van der Waals surface area contributed by atoms with Crippen molar-refractivity contribution >= 4 is 35.2 Å². The summed E-state index contributed by atoms with van der Waals surface area (Å²) in [6.07, 6.45) is 2.95. The molecule has 2 rings (SSSR count). The van der Waals surface area contributed by atoms with E-state index in [9.17, 15) is 4.79 Å². The molecule has 0 fully saturated rings. The van der Waals surface area contributed by atoms with Crippen molar-refractivity contribution in [3.63, 3.8) is 0 Å². The fraction of sp³-hybridized carbons (Fsp3) is 0.200. The van der Waals surface area contributed by atoms with E-state index in [1.54, 1.807) is 24.3 Å². The predicted octanol–water partition coefficient (Wildman–Crippen LogP) is 3.93. The third-order valence-corrected chi connectivity index (χ3v) is 3.55. The summed E-state index contributed by atoms with van der Waals surface area (Å²) in [5, 5.41) is 3.66. The van der Waals surface area contributed by atoms with Gasteiger partial charge in [0.2, 0.25) is 11.8 Å². The summed E-state index contributed by atoms with van der Waals surface area (Å²) in [6.45, 7) is 3.91. The minimum absolute atomic E-state index is 0.230. The van der Waals surface area contributed by atoms with Crippen LogP contribution in [-0.2, 0) is 11.3 Å². The molecule has 0 aliphatic carbocycles. The Hall–Kier alpha value is -1.78. The van der Waals surface area contributed by atoms with Gasteiger partial charge in [-0.15, -0.1) is 0 Å². The second-order valence-electron chi connectivity index (χ2n) is 4.44. The molecule has 0 aliphatic rings. The molecule has 0 radical (unpaired) electrons. The number of nitrogens with zero attached hydrogens (tertiary/aromatic N) is 1. The third-order valence-electron chi connectivity index (χ3n) is 2.89. The zero-order valence-electron chi connectivity index (χ0n) is 11.6. The monoisotopic (exact) mass is 324 g/mol. The van der Waals surface area contributed by atoms with Crippen molar-refractivity contribution in [3.05, 3.63) is 57.2 Å². The van der Waals surface area contributed by atoms with Gasteiger partial charge in [-0.3, -0.25) is 4.79 Å². The molecular weight excluding hydrogens is 311 g/mol. The normalized spacial score (nSPS) is 11.0. The second-order valence-corrected chi connectivity index (χ2v) is 5.25. The Balaban J connectivity index is 1.97. The number of hydrogen-bond acceptors (Lipinski definition) is 3. The average Bonchev–Trinajstić information content (AvgIpc) is 2.75. The standard InChI is InChI=1S/C15H14Cl2N2O2/c1-9-10(2)21-15(19-9)8-18-14(20)7-6-11-12(16)4-3-5-13(11)17/h3-7H,8H2,1-2H3,(H,18,20). The molecule has 0 bridgehead atoms. The van der Waals surface area contributed by atoms with E-state index in [0.29, 0.717) is 21.5 Å². The topological polar surface area (TPSA) is 55.1 Å². The molecule has 4 nitrogen and oxygen atoms in total. The molecule has 1 amide bonds. The van der Waals surface area contributed by atoms with Crippen molar-refractivity contribution in [3.8, 4) is 0 Å². The van der Waals surface area contributed by atoms with Crippen LogP contribution in [0, 0.1) is 13.8 Å². The molecule has 1 N–H and O–H groups in total. The SMILES string of the molecule is Cc1nc(CNC(=O)C=Cc2c(Cl)cccc2Cl)oc1C. The van der Waals surface area contributed by atoms with Gasteiger partial charge >= 0.3 is 0 Å². The van der Waals surface area contributed by atoms with Gasteiger partial charge in [0.15, 0.2) is 0 Å². The predicted molar refractivity (Wildman–Crippen MR) is 83.3 cm³/mol. The van der Waals surface area contributed by atoms with Crippen LogP contribution in [0.1, 0.15) is 22.9 Å². The summed E-state index contributed by atoms with van der Waals surface area (Å²) in [5.74, 6) is 0.944. The van der Waals surface area contributed by atoms with Gasteiger partial charge in [-0.25, -0.2) is 4.98 Å². The molecule has 0 unspecified atom stereocenters. The Kier molecular flexibility index (Phi) is 5.04. The molecule has 0 saturated heterocycles. The number of amides is 1. The summed E-state index contributed by atoms with van der Waals surface area (Å²) in [7, 11) is 0. The Morgan fingerprint density at radius 1 is 1.33 bits per heavy atom. The van der Waals surface area contributed by atoms with E-state index in [-0.39, 0.29) is 12.5 Å². The van der Waals surface area contributed by atoms with E-state index in [1.165, 1.54) is 6.08 Å². The maximum atomic E-state index is 11.8. The molecule has 2 aromatic rings. The van der Waals surface area contributed by atoms with Crippen LogP contribution in [0.4, 0.5) is 0 Å². The maximum Gasteiger partial charge on any atom is 0.244 e. The molecular formula is C15H14Cl2N2O2. The fourth-order valence-electron chi connectivity index (χ4n) is 1.67. The Bertz CT molecular complexity index is 653. The number of carbonyl (C=O) groups is 1. The van der Waals surface area contributed by atoms with Crippen molar-refractivity contribution < 1.29 is 9.21 Å². The van der Waals surface area contributed by atoms with E-state index in [1.807, 2.05) is 13.8 Å². The van der Waals surface area contributed by atoms with Crippen LogP contribution < -0.4 is 5.32 Å². The molecule has 0 spiro atoms. The van der Waals surface area contributed by atoms with Gasteiger partial charge in [0, 0.05) is 21.7 Å². The maximum absolute atomic E-state index is 11.8. The lowest BCUT2D eigenvalue weighted by Gasteiger charge is -2.01. The minimum atomic E-state index is -0.278. The molecule has 110 valence electrons. The first-order chi connectivity index (χ1) is 9.97. The number of aryl methyl sites for hydroxylation is 2. The largest absolute Gasteiger partial charge is 0.444 e. The molecule has 1 heterocycles. The van der Waals surface area contributed by atoms with E-state index in [4.69, 9.17) is 27.6 Å². The van der Waals surface area contributed by atoms with Crippen molar-refractivity contribution in [2.45, 2.75) is 20.4 Å². The van der Waals surface area contributed by atoms with Gasteiger partial charge in [-0.1, -0.05) is 29.3 Å². The quantitative estimate of drug-likeness (QED) is 0.867. The number of halogens is 2. The Labute approximate surface area is 132 Å². The van der Waals surface area contributed by atoms with Crippen LogP contribution in [0.2, 0.25) is 10.0 Å². The van der Waals surface area contributed by atoms with Crippen molar-refractivity contribution in [1.82, 2.24) is 10.3 Å². The fourth-order valence-corrected chi connectivity index (χ4v) is 2.19. The number of oxazole rings is 1.